The number of rotatable bonds is 11. The van der Waals surface area contributed by atoms with Gasteiger partial charge in [-0.3, -0.25) is 14.4 Å². The predicted octanol–water partition coefficient (Wildman–Crippen LogP) is 1.30. The Bertz CT molecular complexity index is 858. The molecule has 1 saturated heterocycles. The van der Waals surface area contributed by atoms with Crippen molar-refractivity contribution in [2.75, 3.05) is 6.54 Å². The van der Waals surface area contributed by atoms with Crippen LogP contribution in [-0.2, 0) is 25.6 Å². The molecule has 0 spiro atoms. The minimum absolute atomic E-state index is 0.208. The Kier molecular flexibility index (Phi) is 10.0. The molecule has 34 heavy (non-hydrogen) atoms. The van der Waals surface area contributed by atoms with Gasteiger partial charge in [0, 0.05) is 13.0 Å². The average Bonchev–Trinajstić information content (AvgIpc) is 3.26. The maximum Gasteiger partial charge on any atom is 0.326 e. The number of nitrogens with zero attached hydrogens (tertiary/aromatic N) is 1. The van der Waals surface area contributed by atoms with Crippen LogP contribution in [0.3, 0.4) is 0 Å². The minimum atomic E-state index is -1.05. The standard InChI is InChI=1S/C25H38N4O5/c1-15(2)13-18(26)22(30)28-21(16(3)4)23(31)27-19(14-17-9-6-5-7-10-17)24(32)29-12-8-11-20(29)25(33)34/h5-7,9-10,15-16,18-21H,8,11-14,26H2,1-4H3,(H,27,31)(H,28,30)(H,33,34). The van der Waals surface area contributed by atoms with Gasteiger partial charge in [-0.15, -0.1) is 0 Å². The fraction of sp³-hybridized carbons (Fsp3) is 0.600. The van der Waals surface area contributed by atoms with Crippen LogP contribution in [0.1, 0.15) is 52.5 Å². The van der Waals surface area contributed by atoms with Crippen molar-refractivity contribution in [3.8, 4) is 0 Å². The summed E-state index contributed by atoms with van der Waals surface area (Å²) in [5, 5.41) is 15.0. The lowest BCUT2D eigenvalue weighted by atomic mass is 9.99. The van der Waals surface area contributed by atoms with Crippen LogP contribution in [0.2, 0.25) is 0 Å². The number of amides is 3. The average molecular weight is 475 g/mol. The van der Waals surface area contributed by atoms with Crippen molar-refractivity contribution in [3.05, 3.63) is 35.9 Å². The molecule has 0 aliphatic carbocycles. The SMILES string of the molecule is CC(C)CC(N)C(=O)NC(C(=O)NC(Cc1ccccc1)C(=O)N1CCCC1C(=O)O)C(C)C. The van der Waals surface area contributed by atoms with E-state index in [-0.39, 0.29) is 18.3 Å². The summed E-state index contributed by atoms with van der Waals surface area (Å²) in [6.07, 6.45) is 1.66. The molecule has 9 heteroatoms. The summed E-state index contributed by atoms with van der Waals surface area (Å²) in [4.78, 5) is 52.2. The van der Waals surface area contributed by atoms with Crippen LogP contribution in [0, 0.1) is 11.8 Å². The van der Waals surface area contributed by atoms with E-state index in [1.54, 1.807) is 13.8 Å². The van der Waals surface area contributed by atoms with Gasteiger partial charge in [0.05, 0.1) is 6.04 Å². The van der Waals surface area contributed by atoms with Gasteiger partial charge in [-0.05, 0) is 36.7 Å². The number of carbonyl (C=O) groups excluding carboxylic acids is 3. The Morgan fingerprint density at radius 2 is 1.71 bits per heavy atom. The van der Waals surface area contributed by atoms with Crippen LogP contribution in [-0.4, -0.2) is 64.4 Å². The molecule has 188 valence electrons. The molecule has 2 rings (SSSR count). The van der Waals surface area contributed by atoms with Gasteiger partial charge in [0.1, 0.15) is 18.1 Å². The summed E-state index contributed by atoms with van der Waals surface area (Å²) < 4.78 is 0. The Hall–Kier alpha value is -2.94. The van der Waals surface area contributed by atoms with Crippen LogP contribution in [0.5, 0.6) is 0 Å². The molecular formula is C25H38N4O5. The van der Waals surface area contributed by atoms with Crippen LogP contribution in [0.25, 0.3) is 0 Å². The molecule has 0 saturated carbocycles. The van der Waals surface area contributed by atoms with E-state index in [9.17, 15) is 24.3 Å². The van der Waals surface area contributed by atoms with E-state index < -0.39 is 47.9 Å². The van der Waals surface area contributed by atoms with Gasteiger partial charge in [-0.25, -0.2) is 4.79 Å². The maximum atomic E-state index is 13.4. The van der Waals surface area contributed by atoms with E-state index in [0.29, 0.717) is 25.8 Å². The molecule has 1 fully saturated rings. The molecule has 5 N–H and O–H groups in total. The van der Waals surface area contributed by atoms with Crippen molar-refractivity contribution in [3.63, 3.8) is 0 Å². The van der Waals surface area contributed by atoms with Gasteiger partial charge in [0.2, 0.25) is 17.7 Å². The third-order valence-electron chi connectivity index (χ3n) is 6.03. The lowest BCUT2D eigenvalue weighted by Crippen LogP contribution is -2.59. The summed E-state index contributed by atoms with van der Waals surface area (Å²) >= 11 is 0. The van der Waals surface area contributed by atoms with Crippen LogP contribution in [0.15, 0.2) is 30.3 Å². The Morgan fingerprint density at radius 3 is 2.26 bits per heavy atom. The topological polar surface area (TPSA) is 142 Å². The first-order valence-corrected chi connectivity index (χ1v) is 11.9. The first kappa shape index (κ1) is 27.3. The quantitative estimate of drug-likeness (QED) is 0.381. The monoisotopic (exact) mass is 474 g/mol. The number of nitrogens with two attached hydrogens (primary N) is 1. The van der Waals surface area contributed by atoms with E-state index >= 15 is 0 Å². The van der Waals surface area contributed by atoms with Gasteiger partial charge in [0.15, 0.2) is 0 Å². The third kappa shape index (κ3) is 7.55. The minimum Gasteiger partial charge on any atom is -0.480 e. The molecule has 1 aromatic carbocycles. The summed E-state index contributed by atoms with van der Waals surface area (Å²) in [6.45, 7) is 7.84. The van der Waals surface area contributed by atoms with Gasteiger partial charge in [-0.2, -0.15) is 0 Å². The van der Waals surface area contributed by atoms with Crippen molar-refractivity contribution in [2.45, 2.75) is 77.5 Å². The fourth-order valence-electron chi connectivity index (χ4n) is 4.21. The van der Waals surface area contributed by atoms with Crippen molar-refractivity contribution < 1.29 is 24.3 Å². The summed E-state index contributed by atoms with van der Waals surface area (Å²) in [5.41, 5.74) is 6.81. The van der Waals surface area contributed by atoms with Crippen molar-refractivity contribution >= 4 is 23.7 Å². The van der Waals surface area contributed by atoms with Gasteiger partial charge < -0.3 is 26.4 Å². The van der Waals surface area contributed by atoms with E-state index in [0.717, 1.165) is 5.56 Å². The summed E-state index contributed by atoms with van der Waals surface area (Å²) in [5.74, 6) is -2.43. The normalized spacial score (nSPS) is 18.4. The number of carboxylic acids is 1. The molecule has 4 atom stereocenters. The number of carboxylic acid groups (broad SMARTS) is 1. The lowest BCUT2D eigenvalue weighted by Gasteiger charge is -2.30. The van der Waals surface area contributed by atoms with Gasteiger partial charge in [0.25, 0.3) is 0 Å². The first-order chi connectivity index (χ1) is 16.0. The van der Waals surface area contributed by atoms with Crippen LogP contribution in [0.4, 0.5) is 0 Å². The third-order valence-corrected chi connectivity index (χ3v) is 6.03. The number of benzene rings is 1. The maximum absolute atomic E-state index is 13.4. The predicted molar refractivity (Wildman–Crippen MR) is 129 cm³/mol. The van der Waals surface area contributed by atoms with E-state index in [2.05, 4.69) is 10.6 Å². The molecule has 9 nitrogen and oxygen atoms in total. The number of carbonyl (C=O) groups is 4. The summed E-state index contributed by atoms with van der Waals surface area (Å²) in [7, 11) is 0. The largest absolute Gasteiger partial charge is 0.480 e. The van der Waals surface area contributed by atoms with E-state index in [4.69, 9.17) is 5.73 Å². The van der Waals surface area contributed by atoms with Crippen molar-refractivity contribution in [2.24, 2.45) is 17.6 Å². The molecule has 4 unspecified atom stereocenters. The zero-order valence-corrected chi connectivity index (χ0v) is 20.5. The highest BCUT2D eigenvalue weighted by molar-refractivity contribution is 5.94. The molecule has 1 aromatic rings. The van der Waals surface area contributed by atoms with Crippen molar-refractivity contribution in [1.82, 2.24) is 15.5 Å². The second-order valence-corrected chi connectivity index (χ2v) is 9.75. The number of hydrogen-bond acceptors (Lipinski definition) is 5. The van der Waals surface area contributed by atoms with Crippen LogP contribution >= 0.6 is 0 Å². The molecule has 0 bridgehead atoms. The zero-order valence-electron chi connectivity index (χ0n) is 20.5. The number of aliphatic carboxylic acids is 1. The lowest BCUT2D eigenvalue weighted by molar-refractivity contribution is -0.149. The fourth-order valence-corrected chi connectivity index (χ4v) is 4.21. The molecule has 1 aliphatic rings. The Labute approximate surface area is 201 Å². The number of likely N-dealkylation sites (tertiary alicyclic amines) is 1. The van der Waals surface area contributed by atoms with E-state index in [1.807, 2.05) is 44.2 Å². The van der Waals surface area contributed by atoms with Crippen molar-refractivity contribution in [1.29, 1.82) is 0 Å². The Morgan fingerprint density at radius 1 is 1.06 bits per heavy atom. The van der Waals surface area contributed by atoms with Crippen LogP contribution < -0.4 is 16.4 Å². The molecular weight excluding hydrogens is 436 g/mol. The Balaban J connectivity index is 2.22. The highest BCUT2D eigenvalue weighted by Gasteiger charge is 2.38. The first-order valence-electron chi connectivity index (χ1n) is 11.9. The molecule has 3 amide bonds. The van der Waals surface area contributed by atoms with E-state index in [1.165, 1.54) is 4.90 Å². The second-order valence-electron chi connectivity index (χ2n) is 9.75. The molecule has 0 aromatic heterocycles. The molecule has 0 radical (unpaired) electrons. The van der Waals surface area contributed by atoms with Gasteiger partial charge in [-0.1, -0.05) is 58.0 Å². The molecule has 1 aliphatic heterocycles. The zero-order chi connectivity index (χ0) is 25.4. The highest BCUT2D eigenvalue weighted by atomic mass is 16.4. The highest BCUT2D eigenvalue weighted by Crippen LogP contribution is 2.20. The number of hydrogen-bond donors (Lipinski definition) is 4. The summed E-state index contributed by atoms with van der Waals surface area (Å²) in [6, 6.07) is 5.72. The molecule has 1 heterocycles. The number of nitrogens with one attached hydrogen (secondary N) is 2. The van der Waals surface area contributed by atoms with Gasteiger partial charge >= 0.3 is 5.97 Å². The second kappa shape index (κ2) is 12.5. The smallest absolute Gasteiger partial charge is 0.326 e.